The van der Waals surface area contributed by atoms with Crippen LogP contribution in [-0.2, 0) is 9.84 Å². The first kappa shape index (κ1) is 14.1. The minimum absolute atomic E-state index is 0.00446. The van der Waals surface area contributed by atoms with Gasteiger partial charge >= 0.3 is 0 Å². The summed E-state index contributed by atoms with van der Waals surface area (Å²) < 4.78 is 35.6. The normalized spacial score (nSPS) is 10.5. The van der Waals surface area contributed by atoms with E-state index < -0.39 is 15.7 Å². The molecule has 0 amide bonds. The summed E-state index contributed by atoms with van der Waals surface area (Å²) in [7, 11) is -3.28. The van der Waals surface area contributed by atoms with Crippen molar-refractivity contribution in [2.45, 2.75) is 32.6 Å². The first-order valence-corrected chi connectivity index (χ1v) is 6.61. The molecule has 4 heteroatoms. The lowest BCUT2D eigenvalue weighted by Gasteiger charge is -2.02. The van der Waals surface area contributed by atoms with Gasteiger partial charge in [-0.05, 0) is 24.6 Å². The van der Waals surface area contributed by atoms with Gasteiger partial charge in [-0.2, -0.15) is 0 Å². The van der Waals surface area contributed by atoms with Crippen molar-refractivity contribution < 1.29 is 12.8 Å². The summed E-state index contributed by atoms with van der Waals surface area (Å²) in [6.45, 7) is 7.13. The summed E-state index contributed by atoms with van der Waals surface area (Å²) in [5, 5.41) is 0. The van der Waals surface area contributed by atoms with Crippen LogP contribution in [0.15, 0.2) is 23.1 Å². The molecule has 0 unspecified atom stereocenters. The van der Waals surface area contributed by atoms with Crippen molar-refractivity contribution in [3.8, 4) is 0 Å². The third kappa shape index (κ3) is 3.63. The van der Waals surface area contributed by atoms with E-state index in [1.54, 1.807) is 6.92 Å². The highest BCUT2D eigenvalue weighted by Crippen LogP contribution is 2.15. The van der Waals surface area contributed by atoms with Gasteiger partial charge in [-0.15, -0.1) is 0 Å². The van der Waals surface area contributed by atoms with E-state index in [1.807, 2.05) is 13.8 Å². The molecular formula is C11H17FO2S. The van der Waals surface area contributed by atoms with Crippen LogP contribution in [-0.4, -0.2) is 14.2 Å². The molecule has 0 aliphatic carbocycles. The Kier molecular flexibility index (Phi) is 5.50. The maximum absolute atomic E-state index is 13.0. The Balaban J connectivity index is 0.000000921. The minimum atomic E-state index is -3.28. The van der Waals surface area contributed by atoms with Gasteiger partial charge in [0, 0.05) is 0 Å². The predicted molar refractivity (Wildman–Crippen MR) is 60.2 cm³/mol. The second-order valence-corrected chi connectivity index (χ2v) is 5.09. The third-order valence-electron chi connectivity index (χ3n) is 1.88. The Morgan fingerprint density at radius 1 is 1.27 bits per heavy atom. The van der Waals surface area contributed by atoms with Gasteiger partial charge in [0.15, 0.2) is 9.84 Å². The molecular weight excluding hydrogens is 215 g/mol. The van der Waals surface area contributed by atoms with Crippen molar-refractivity contribution >= 4 is 9.84 Å². The van der Waals surface area contributed by atoms with Gasteiger partial charge < -0.3 is 0 Å². The van der Waals surface area contributed by atoms with Gasteiger partial charge in [-0.3, -0.25) is 0 Å². The highest BCUT2D eigenvalue weighted by molar-refractivity contribution is 7.91. The van der Waals surface area contributed by atoms with Crippen molar-refractivity contribution in [3.63, 3.8) is 0 Å². The molecule has 1 aromatic carbocycles. The predicted octanol–water partition coefficient (Wildman–Crippen LogP) is 2.95. The molecule has 0 spiro atoms. The Bertz CT molecular complexity index is 411. The molecule has 0 atom stereocenters. The van der Waals surface area contributed by atoms with E-state index >= 15 is 0 Å². The van der Waals surface area contributed by atoms with Crippen LogP contribution in [0.25, 0.3) is 0 Å². The molecule has 1 aromatic rings. The van der Waals surface area contributed by atoms with Crippen LogP contribution in [0.5, 0.6) is 0 Å². The van der Waals surface area contributed by atoms with Gasteiger partial charge in [0.2, 0.25) is 0 Å². The highest BCUT2D eigenvalue weighted by Gasteiger charge is 2.12. The van der Waals surface area contributed by atoms with Crippen LogP contribution in [0.1, 0.15) is 26.3 Å². The molecule has 0 aliphatic rings. The van der Waals surface area contributed by atoms with E-state index in [2.05, 4.69) is 0 Å². The van der Waals surface area contributed by atoms with Crippen LogP contribution < -0.4 is 0 Å². The number of sulfone groups is 1. The molecule has 0 saturated heterocycles. The second-order valence-electron chi connectivity index (χ2n) is 2.81. The highest BCUT2D eigenvalue weighted by atomic mass is 32.2. The Morgan fingerprint density at radius 3 is 2.20 bits per heavy atom. The summed E-state index contributed by atoms with van der Waals surface area (Å²) in [6.07, 6.45) is 0. The summed E-state index contributed by atoms with van der Waals surface area (Å²) in [4.78, 5) is 0.0538. The van der Waals surface area contributed by atoms with Gasteiger partial charge in [-0.25, -0.2) is 12.8 Å². The molecule has 0 bridgehead atoms. The molecule has 1 rings (SSSR count). The SMILES string of the molecule is CC.CCS(=O)(=O)c1ccc(C)c(F)c1. The van der Waals surface area contributed by atoms with E-state index in [4.69, 9.17) is 0 Å². The summed E-state index contributed by atoms with van der Waals surface area (Å²) in [5.74, 6) is -0.482. The monoisotopic (exact) mass is 232 g/mol. The molecule has 0 heterocycles. The summed E-state index contributed by atoms with van der Waals surface area (Å²) >= 11 is 0. The molecule has 86 valence electrons. The number of benzene rings is 1. The zero-order chi connectivity index (χ0) is 12.1. The van der Waals surface area contributed by atoms with E-state index in [1.165, 1.54) is 19.1 Å². The van der Waals surface area contributed by atoms with Gasteiger partial charge in [0.25, 0.3) is 0 Å². The fraction of sp³-hybridized carbons (Fsp3) is 0.455. The number of hydrogen-bond donors (Lipinski definition) is 0. The first-order chi connectivity index (χ1) is 6.97. The molecule has 2 nitrogen and oxygen atoms in total. The molecule has 0 N–H and O–H groups in total. The largest absolute Gasteiger partial charge is 0.224 e. The van der Waals surface area contributed by atoms with Gasteiger partial charge in [0.05, 0.1) is 10.6 Å². The lowest BCUT2D eigenvalue weighted by atomic mass is 10.2. The lowest BCUT2D eigenvalue weighted by molar-refractivity contribution is 0.590. The first-order valence-electron chi connectivity index (χ1n) is 4.96. The quantitative estimate of drug-likeness (QED) is 0.785. The van der Waals surface area contributed by atoms with Crippen LogP contribution >= 0.6 is 0 Å². The van der Waals surface area contributed by atoms with E-state index in [0.717, 1.165) is 6.07 Å². The van der Waals surface area contributed by atoms with Crippen LogP contribution in [0.4, 0.5) is 4.39 Å². The van der Waals surface area contributed by atoms with Crippen LogP contribution in [0, 0.1) is 12.7 Å². The minimum Gasteiger partial charge on any atom is -0.224 e. The fourth-order valence-electron chi connectivity index (χ4n) is 0.934. The van der Waals surface area contributed by atoms with E-state index in [-0.39, 0.29) is 10.6 Å². The zero-order valence-electron chi connectivity index (χ0n) is 9.54. The lowest BCUT2D eigenvalue weighted by Crippen LogP contribution is -2.04. The molecule has 0 aromatic heterocycles. The van der Waals surface area contributed by atoms with Crippen molar-refractivity contribution in [1.82, 2.24) is 0 Å². The van der Waals surface area contributed by atoms with Crippen molar-refractivity contribution in [3.05, 3.63) is 29.6 Å². The second kappa shape index (κ2) is 5.85. The zero-order valence-corrected chi connectivity index (χ0v) is 10.4. The number of halogens is 1. The molecule has 0 radical (unpaired) electrons. The Hall–Kier alpha value is -0.900. The summed E-state index contributed by atoms with van der Waals surface area (Å²) in [5.41, 5.74) is 0.454. The van der Waals surface area contributed by atoms with Crippen molar-refractivity contribution in [2.75, 3.05) is 5.75 Å². The number of rotatable bonds is 2. The standard InChI is InChI=1S/C9H11FO2S.C2H6/c1-3-13(11,12)8-5-4-7(2)9(10)6-8;1-2/h4-6H,3H2,1-2H3;1-2H3. The van der Waals surface area contributed by atoms with Gasteiger partial charge in [-0.1, -0.05) is 26.8 Å². The maximum atomic E-state index is 13.0. The van der Waals surface area contributed by atoms with Crippen molar-refractivity contribution in [2.24, 2.45) is 0 Å². The summed E-state index contributed by atoms with van der Waals surface area (Å²) in [6, 6.07) is 3.96. The molecule has 0 saturated carbocycles. The maximum Gasteiger partial charge on any atom is 0.178 e. The van der Waals surface area contributed by atoms with Crippen molar-refractivity contribution in [1.29, 1.82) is 0 Å². The topological polar surface area (TPSA) is 34.1 Å². The fourth-order valence-corrected chi connectivity index (χ4v) is 1.83. The third-order valence-corrected chi connectivity index (χ3v) is 3.61. The average Bonchev–Trinajstić information content (AvgIpc) is 2.25. The van der Waals surface area contributed by atoms with E-state index in [9.17, 15) is 12.8 Å². The molecule has 0 fully saturated rings. The van der Waals surface area contributed by atoms with Crippen LogP contribution in [0.3, 0.4) is 0 Å². The van der Waals surface area contributed by atoms with E-state index in [0.29, 0.717) is 5.56 Å². The number of aryl methyl sites for hydroxylation is 1. The Labute approximate surface area is 91.1 Å². The molecule has 15 heavy (non-hydrogen) atoms. The average molecular weight is 232 g/mol. The van der Waals surface area contributed by atoms with Gasteiger partial charge in [0.1, 0.15) is 5.82 Å². The smallest absolute Gasteiger partial charge is 0.178 e. The van der Waals surface area contributed by atoms with Crippen LogP contribution in [0.2, 0.25) is 0 Å². The Morgan fingerprint density at radius 2 is 1.80 bits per heavy atom. The number of hydrogen-bond acceptors (Lipinski definition) is 2. The molecule has 0 aliphatic heterocycles.